The van der Waals surface area contributed by atoms with Gasteiger partial charge in [-0.05, 0) is 73.2 Å². The second-order valence-corrected chi connectivity index (χ2v) is 10.1. The minimum absolute atomic E-state index is 0.124. The van der Waals surface area contributed by atoms with Gasteiger partial charge >= 0.3 is 5.95 Å². The van der Waals surface area contributed by atoms with E-state index >= 15 is 0 Å². The van der Waals surface area contributed by atoms with Gasteiger partial charge in [0.25, 0.3) is 11.7 Å². The van der Waals surface area contributed by atoms with Crippen LogP contribution in [0.1, 0.15) is 29.9 Å². The van der Waals surface area contributed by atoms with E-state index in [2.05, 4.69) is 20.4 Å². The van der Waals surface area contributed by atoms with Crippen LogP contribution in [0.15, 0.2) is 73.0 Å². The number of hydrogen-bond donors (Lipinski definition) is 4. The maximum absolute atomic E-state index is 12.3. The van der Waals surface area contributed by atoms with Crippen LogP contribution in [0.3, 0.4) is 0 Å². The van der Waals surface area contributed by atoms with Crippen molar-refractivity contribution < 1.29 is 24.9 Å². The van der Waals surface area contributed by atoms with Crippen molar-refractivity contribution in [2.75, 3.05) is 18.4 Å². The van der Waals surface area contributed by atoms with Crippen molar-refractivity contribution >= 4 is 34.0 Å². The molecule has 5 aromatic rings. The summed E-state index contributed by atoms with van der Waals surface area (Å²) < 4.78 is 9.90. The fraction of sp³-hybridized carbons (Fsp3) is 0.241. The van der Waals surface area contributed by atoms with E-state index in [0.717, 1.165) is 39.1 Å². The zero-order chi connectivity index (χ0) is 28.7. The average molecular weight is 556 g/mol. The zero-order valence-electron chi connectivity index (χ0n) is 22.5. The van der Waals surface area contributed by atoms with E-state index in [0.29, 0.717) is 37.5 Å². The van der Waals surface area contributed by atoms with Crippen LogP contribution in [0.2, 0.25) is 0 Å². The number of ether oxygens (including phenoxy) is 1. The fourth-order valence-electron chi connectivity index (χ4n) is 5.32. The van der Waals surface area contributed by atoms with Gasteiger partial charge in [0.1, 0.15) is 23.3 Å². The van der Waals surface area contributed by atoms with Gasteiger partial charge in [0.05, 0.1) is 17.4 Å². The Bertz CT molecular complexity index is 1800. The lowest BCUT2D eigenvalue weighted by Gasteiger charge is -2.31. The number of aryl methyl sites for hydroxylation is 2. The Morgan fingerprint density at radius 3 is 2.61 bits per heavy atom. The molecular weight excluding hydrogens is 526 g/mol. The third-order valence-electron chi connectivity index (χ3n) is 7.48. The van der Waals surface area contributed by atoms with E-state index in [4.69, 9.17) is 14.9 Å². The smallest absolute Gasteiger partial charge is 0.324 e. The number of aliphatic hydroxyl groups is 3. The van der Waals surface area contributed by atoms with Crippen molar-refractivity contribution in [1.29, 1.82) is 0 Å². The summed E-state index contributed by atoms with van der Waals surface area (Å²) in [5.74, 6) is -0.989. The number of carbonyl (C=O) groups excluding carboxylic acids is 1. The Hall–Kier alpha value is -5.26. The molecule has 2 aromatic carbocycles. The first-order valence-electron chi connectivity index (χ1n) is 13.2. The quantitative estimate of drug-likeness (QED) is 0.167. The van der Waals surface area contributed by atoms with Gasteiger partial charge in [0, 0.05) is 38.1 Å². The van der Waals surface area contributed by atoms with Crippen molar-refractivity contribution in [3.05, 3.63) is 84.1 Å². The van der Waals surface area contributed by atoms with Crippen molar-refractivity contribution in [3.8, 4) is 11.5 Å². The lowest BCUT2D eigenvalue weighted by Crippen LogP contribution is -2.39. The summed E-state index contributed by atoms with van der Waals surface area (Å²) in [6, 6.07) is 13.7. The van der Waals surface area contributed by atoms with Gasteiger partial charge in [0.2, 0.25) is 0 Å². The van der Waals surface area contributed by atoms with E-state index < -0.39 is 17.6 Å². The van der Waals surface area contributed by atoms with Gasteiger partial charge in [-0.1, -0.05) is 0 Å². The fourth-order valence-corrected chi connectivity index (χ4v) is 5.32. The second-order valence-electron chi connectivity index (χ2n) is 10.1. The Kier molecular flexibility index (Phi) is 6.58. The van der Waals surface area contributed by atoms with Crippen LogP contribution in [0.25, 0.3) is 16.6 Å². The first-order valence-corrected chi connectivity index (χ1v) is 13.2. The monoisotopic (exact) mass is 555 g/mol. The van der Waals surface area contributed by atoms with Crippen LogP contribution in [-0.2, 0) is 11.8 Å². The standard InChI is InChI=1S/C29H29N7O5/c1-17-13-19(3-6-24(17)41-20-4-5-23-22(14-20)31-16-34(23)2)33-27-25-21(9-12-36(25)32-15-30-27)18-7-10-35(11-8-18)28(38)26(37)29(39)40/h3-6,9,12-16,18,37,39-40H,7-8,10-11H2,1-2H3,(H,30,32,33). The Balaban J connectivity index is 1.20. The first kappa shape index (κ1) is 26.0. The summed E-state index contributed by atoms with van der Waals surface area (Å²) in [6.07, 6.45) is 6.42. The summed E-state index contributed by atoms with van der Waals surface area (Å²) in [6.45, 7) is 2.71. The highest BCUT2D eigenvalue weighted by molar-refractivity contribution is 5.91. The zero-order valence-corrected chi connectivity index (χ0v) is 22.5. The lowest BCUT2D eigenvalue weighted by atomic mass is 9.90. The maximum Gasteiger partial charge on any atom is 0.324 e. The Morgan fingerprint density at radius 1 is 1.05 bits per heavy atom. The third-order valence-corrected chi connectivity index (χ3v) is 7.48. The van der Waals surface area contributed by atoms with Crippen molar-refractivity contribution in [3.63, 3.8) is 0 Å². The number of anilines is 2. The molecule has 210 valence electrons. The van der Waals surface area contributed by atoms with Crippen LogP contribution in [-0.4, -0.2) is 63.4 Å². The molecule has 0 spiro atoms. The first-order chi connectivity index (χ1) is 19.8. The minimum Gasteiger partial charge on any atom is -0.498 e. The van der Waals surface area contributed by atoms with Gasteiger partial charge in [-0.25, -0.2) is 14.5 Å². The molecule has 41 heavy (non-hydrogen) atoms. The molecule has 3 aromatic heterocycles. The highest BCUT2D eigenvalue weighted by Crippen LogP contribution is 2.35. The molecule has 1 aliphatic heterocycles. The maximum atomic E-state index is 12.3. The summed E-state index contributed by atoms with van der Waals surface area (Å²) in [7, 11) is 1.96. The molecule has 6 rings (SSSR count). The number of nitrogens with zero attached hydrogens (tertiary/aromatic N) is 6. The molecule has 0 unspecified atom stereocenters. The van der Waals surface area contributed by atoms with Crippen LogP contribution in [0, 0.1) is 6.92 Å². The van der Waals surface area contributed by atoms with Gasteiger partial charge in [0.15, 0.2) is 5.82 Å². The number of imidazole rings is 1. The molecule has 1 saturated heterocycles. The minimum atomic E-state index is -1.37. The largest absolute Gasteiger partial charge is 0.498 e. The molecule has 0 saturated carbocycles. The number of likely N-dealkylation sites (tertiary alicyclic amines) is 1. The van der Waals surface area contributed by atoms with Gasteiger partial charge < -0.3 is 34.8 Å². The summed E-state index contributed by atoms with van der Waals surface area (Å²) in [4.78, 5) is 22.6. The topological polar surface area (TPSA) is 150 Å². The van der Waals surface area contributed by atoms with E-state index in [1.165, 1.54) is 11.2 Å². The number of fused-ring (bicyclic) bond motifs is 2. The average Bonchev–Trinajstić information content (AvgIpc) is 3.58. The molecule has 4 heterocycles. The molecule has 0 bridgehead atoms. The SMILES string of the molecule is Cc1cc(Nc2ncnn3ccc(C4CCN(C(=O)C(O)=C(O)O)CC4)c23)ccc1Oc1ccc2c(c1)ncn2C. The van der Waals surface area contributed by atoms with Crippen LogP contribution in [0.5, 0.6) is 11.5 Å². The molecule has 0 atom stereocenters. The predicted octanol–water partition coefficient (Wildman–Crippen LogP) is 5.01. The lowest BCUT2D eigenvalue weighted by molar-refractivity contribution is -0.131. The molecule has 0 radical (unpaired) electrons. The van der Waals surface area contributed by atoms with Gasteiger partial charge in [-0.3, -0.25) is 4.79 Å². The highest BCUT2D eigenvalue weighted by atomic mass is 16.5. The molecule has 12 heteroatoms. The molecule has 1 aliphatic rings. The normalized spacial score (nSPS) is 14.0. The molecule has 0 aliphatic carbocycles. The summed E-state index contributed by atoms with van der Waals surface area (Å²) in [5.41, 5.74) is 5.58. The molecule has 1 amide bonds. The number of aromatic nitrogens is 5. The molecule has 4 N–H and O–H groups in total. The Labute approximate surface area is 234 Å². The number of aliphatic hydroxyl groups excluding tert-OH is 2. The van der Waals surface area contributed by atoms with Crippen molar-refractivity contribution in [2.45, 2.75) is 25.7 Å². The number of hydrogen-bond acceptors (Lipinski definition) is 9. The highest BCUT2D eigenvalue weighted by Gasteiger charge is 2.29. The molecule has 1 fully saturated rings. The van der Waals surface area contributed by atoms with Gasteiger partial charge in [-0.2, -0.15) is 5.10 Å². The van der Waals surface area contributed by atoms with Crippen molar-refractivity contribution in [1.82, 2.24) is 29.0 Å². The third kappa shape index (κ3) is 4.95. The predicted molar refractivity (Wildman–Crippen MR) is 152 cm³/mol. The number of piperidine rings is 1. The number of benzene rings is 2. The second kappa shape index (κ2) is 10.4. The number of rotatable bonds is 6. The number of amides is 1. The van der Waals surface area contributed by atoms with E-state index in [-0.39, 0.29) is 5.92 Å². The van der Waals surface area contributed by atoms with Crippen LogP contribution < -0.4 is 10.1 Å². The van der Waals surface area contributed by atoms with Crippen LogP contribution >= 0.6 is 0 Å². The van der Waals surface area contributed by atoms with E-state index in [1.807, 2.05) is 67.2 Å². The van der Waals surface area contributed by atoms with E-state index in [9.17, 15) is 9.90 Å². The summed E-state index contributed by atoms with van der Waals surface area (Å²) in [5, 5.41) is 35.5. The van der Waals surface area contributed by atoms with E-state index in [1.54, 1.807) is 10.8 Å². The number of carbonyl (C=O) groups is 1. The van der Waals surface area contributed by atoms with Crippen molar-refractivity contribution in [2.24, 2.45) is 7.05 Å². The Morgan fingerprint density at radius 2 is 1.85 bits per heavy atom. The number of nitrogens with one attached hydrogen (secondary N) is 1. The summed E-state index contributed by atoms with van der Waals surface area (Å²) >= 11 is 0. The van der Waals surface area contributed by atoms with Crippen LogP contribution in [0.4, 0.5) is 11.5 Å². The van der Waals surface area contributed by atoms with Gasteiger partial charge in [-0.15, -0.1) is 0 Å². The molecule has 12 nitrogen and oxygen atoms in total. The molecular formula is C29H29N7O5.